The predicted octanol–water partition coefficient (Wildman–Crippen LogP) is 1.64. The molecule has 1 aromatic rings. The minimum atomic E-state index is -0.0516. The first-order chi connectivity index (χ1) is 10.2. The Morgan fingerprint density at radius 1 is 1.43 bits per heavy atom. The molecule has 0 spiro atoms. The molecule has 0 saturated heterocycles. The zero-order valence-corrected chi connectivity index (χ0v) is 13.0. The number of ether oxygens (including phenoxy) is 1. The Balaban J connectivity index is 1.85. The summed E-state index contributed by atoms with van der Waals surface area (Å²) in [6, 6.07) is 2.02. The largest absolute Gasteiger partial charge is 0.383 e. The van der Waals surface area contributed by atoms with Crippen molar-refractivity contribution < 1.29 is 9.53 Å². The maximum Gasteiger partial charge on any atom is 0.239 e. The van der Waals surface area contributed by atoms with E-state index < -0.39 is 0 Å². The lowest BCUT2D eigenvalue weighted by atomic mass is 9.87. The van der Waals surface area contributed by atoms with Crippen molar-refractivity contribution >= 4 is 11.7 Å². The number of anilines is 1. The van der Waals surface area contributed by atoms with Gasteiger partial charge in [-0.1, -0.05) is 19.3 Å². The summed E-state index contributed by atoms with van der Waals surface area (Å²) in [6.07, 6.45) is 6.32. The Bertz CT molecular complexity index is 453. The highest BCUT2D eigenvalue weighted by Crippen LogP contribution is 2.32. The molecule has 0 aliphatic heterocycles. The van der Waals surface area contributed by atoms with Gasteiger partial charge in [-0.3, -0.25) is 9.48 Å². The minimum Gasteiger partial charge on any atom is -0.383 e. The summed E-state index contributed by atoms with van der Waals surface area (Å²) in [4.78, 5) is 11.9. The Labute approximate surface area is 126 Å². The van der Waals surface area contributed by atoms with E-state index in [9.17, 15) is 4.79 Å². The number of hydrogen-bond donors (Lipinski definition) is 2. The second-order valence-electron chi connectivity index (χ2n) is 5.63. The molecule has 1 aliphatic carbocycles. The van der Waals surface area contributed by atoms with E-state index in [0.717, 1.165) is 11.5 Å². The Kier molecular flexibility index (Phi) is 6.20. The number of carbonyl (C=O) groups excluding carboxylic acids is 1. The van der Waals surface area contributed by atoms with Crippen LogP contribution in [0.1, 0.15) is 43.7 Å². The van der Waals surface area contributed by atoms with Crippen molar-refractivity contribution in [1.29, 1.82) is 0 Å². The van der Waals surface area contributed by atoms with Crippen molar-refractivity contribution in [2.24, 2.45) is 7.05 Å². The van der Waals surface area contributed by atoms with Gasteiger partial charge in [-0.25, -0.2) is 0 Å². The van der Waals surface area contributed by atoms with Gasteiger partial charge in [-0.15, -0.1) is 0 Å². The average Bonchev–Trinajstić information content (AvgIpc) is 2.86. The molecular formula is C15H26N4O2. The summed E-state index contributed by atoms with van der Waals surface area (Å²) < 4.78 is 6.68. The molecule has 1 fully saturated rings. The van der Waals surface area contributed by atoms with Crippen LogP contribution in [0.4, 0.5) is 5.82 Å². The van der Waals surface area contributed by atoms with Gasteiger partial charge in [0.25, 0.3) is 0 Å². The maximum atomic E-state index is 11.9. The zero-order chi connectivity index (χ0) is 15.1. The second kappa shape index (κ2) is 8.14. The number of methoxy groups -OCH3 is 1. The van der Waals surface area contributed by atoms with Gasteiger partial charge >= 0.3 is 0 Å². The van der Waals surface area contributed by atoms with Gasteiger partial charge in [0.15, 0.2) is 0 Å². The lowest BCUT2D eigenvalue weighted by Gasteiger charge is -2.19. The van der Waals surface area contributed by atoms with Crippen LogP contribution >= 0.6 is 0 Å². The van der Waals surface area contributed by atoms with Crippen LogP contribution in [0.2, 0.25) is 0 Å². The molecule has 6 heteroatoms. The van der Waals surface area contributed by atoms with Crippen LogP contribution < -0.4 is 10.6 Å². The average molecular weight is 294 g/mol. The standard InChI is InChI=1S/C15H26N4O2/c1-19-14(17-15(20)11-16-8-9-21-2)10-13(18-19)12-6-4-3-5-7-12/h10,12,16H,3-9,11H2,1-2H3,(H,17,20). The molecule has 0 unspecified atom stereocenters. The van der Waals surface area contributed by atoms with Crippen LogP contribution in [-0.2, 0) is 16.6 Å². The zero-order valence-electron chi connectivity index (χ0n) is 13.0. The Hall–Kier alpha value is -1.40. The smallest absolute Gasteiger partial charge is 0.239 e. The number of rotatable bonds is 7. The van der Waals surface area contributed by atoms with E-state index in [1.54, 1.807) is 11.8 Å². The fourth-order valence-corrected chi connectivity index (χ4v) is 2.77. The van der Waals surface area contributed by atoms with Crippen molar-refractivity contribution in [2.75, 3.05) is 32.1 Å². The number of carbonyl (C=O) groups is 1. The van der Waals surface area contributed by atoms with E-state index in [4.69, 9.17) is 4.74 Å². The van der Waals surface area contributed by atoms with Gasteiger partial charge in [-0.2, -0.15) is 5.10 Å². The fraction of sp³-hybridized carbons (Fsp3) is 0.733. The molecule has 0 radical (unpaired) electrons. The number of nitrogens with zero attached hydrogens (tertiary/aromatic N) is 2. The number of amides is 1. The van der Waals surface area contributed by atoms with E-state index in [0.29, 0.717) is 19.1 Å². The molecule has 1 saturated carbocycles. The van der Waals surface area contributed by atoms with Crippen LogP contribution in [0.5, 0.6) is 0 Å². The topological polar surface area (TPSA) is 68.2 Å². The summed E-state index contributed by atoms with van der Waals surface area (Å²) in [5, 5.41) is 10.5. The Morgan fingerprint density at radius 3 is 2.90 bits per heavy atom. The SMILES string of the molecule is COCCNCC(=O)Nc1cc(C2CCCCC2)nn1C. The number of nitrogens with one attached hydrogen (secondary N) is 2. The number of aryl methyl sites for hydroxylation is 1. The lowest BCUT2D eigenvalue weighted by molar-refractivity contribution is -0.115. The molecule has 2 N–H and O–H groups in total. The molecule has 0 aromatic carbocycles. The second-order valence-corrected chi connectivity index (χ2v) is 5.63. The molecule has 2 rings (SSSR count). The van der Waals surface area contributed by atoms with Crippen molar-refractivity contribution in [3.8, 4) is 0 Å². The third-order valence-corrected chi connectivity index (χ3v) is 3.96. The molecule has 0 atom stereocenters. The quantitative estimate of drug-likeness (QED) is 0.750. The molecule has 0 bridgehead atoms. The highest BCUT2D eigenvalue weighted by Gasteiger charge is 2.19. The normalized spacial score (nSPS) is 16.1. The third-order valence-electron chi connectivity index (χ3n) is 3.96. The van der Waals surface area contributed by atoms with Gasteiger partial charge in [0.2, 0.25) is 5.91 Å². The molecule has 6 nitrogen and oxygen atoms in total. The van der Waals surface area contributed by atoms with Crippen molar-refractivity contribution in [1.82, 2.24) is 15.1 Å². The molecule has 1 aromatic heterocycles. The monoisotopic (exact) mass is 294 g/mol. The van der Waals surface area contributed by atoms with Crippen molar-refractivity contribution in [2.45, 2.75) is 38.0 Å². The van der Waals surface area contributed by atoms with E-state index >= 15 is 0 Å². The van der Waals surface area contributed by atoms with Gasteiger partial charge in [0.05, 0.1) is 18.8 Å². The minimum absolute atomic E-state index is 0.0516. The summed E-state index contributed by atoms with van der Waals surface area (Å²) >= 11 is 0. The summed E-state index contributed by atoms with van der Waals surface area (Å²) in [7, 11) is 3.52. The van der Waals surface area contributed by atoms with E-state index in [-0.39, 0.29) is 12.5 Å². The van der Waals surface area contributed by atoms with Gasteiger partial charge < -0.3 is 15.4 Å². The number of aromatic nitrogens is 2. The van der Waals surface area contributed by atoms with Crippen LogP contribution in [0, 0.1) is 0 Å². The molecular weight excluding hydrogens is 268 g/mol. The van der Waals surface area contributed by atoms with Crippen LogP contribution in [0.3, 0.4) is 0 Å². The third kappa shape index (κ3) is 4.82. The fourth-order valence-electron chi connectivity index (χ4n) is 2.77. The first-order valence-electron chi connectivity index (χ1n) is 7.74. The first-order valence-corrected chi connectivity index (χ1v) is 7.74. The summed E-state index contributed by atoms with van der Waals surface area (Å²) in [6.45, 7) is 1.56. The van der Waals surface area contributed by atoms with Crippen LogP contribution in [0.25, 0.3) is 0 Å². The molecule has 1 amide bonds. The summed E-state index contributed by atoms with van der Waals surface area (Å²) in [5.74, 6) is 1.27. The molecule has 1 aliphatic rings. The highest BCUT2D eigenvalue weighted by molar-refractivity contribution is 5.91. The molecule has 1 heterocycles. The van der Waals surface area contributed by atoms with E-state index in [1.165, 1.54) is 32.1 Å². The molecule has 21 heavy (non-hydrogen) atoms. The van der Waals surface area contributed by atoms with Crippen LogP contribution in [0.15, 0.2) is 6.07 Å². The van der Waals surface area contributed by atoms with E-state index in [2.05, 4.69) is 15.7 Å². The van der Waals surface area contributed by atoms with Gasteiger partial charge in [0, 0.05) is 32.7 Å². The first kappa shape index (κ1) is 16.0. The summed E-state index contributed by atoms with van der Waals surface area (Å²) in [5.41, 5.74) is 1.11. The van der Waals surface area contributed by atoms with Crippen molar-refractivity contribution in [3.63, 3.8) is 0 Å². The lowest BCUT2D eigenvalue weighted by Crippen LogP contribution is -2.30. The van der Waals surface area contributed by atoms with Gasteiger partial charge in [-0.05, 0) is 12.8 Å². The van der Waals surface area contributed by atoms with Gasteiger partial charge in [0.1, 0.15) is 5.82 Å². The van der Waals surface area contributed by atoms with E-state index in [1.807, 2.05) is 13.1 Å². The molecule has 118 valence electrons. The highest BCUT2D eigenvalue weighted by atomic mass is 16.5. The Morgan fingerprint density at radius 2 is 2.19 bits per heavy atom. The van der Waals surface area contributed by atoms with Crippen LogP contribution in [-0.4, -0.2) is 42.5 Å². The van der Waals surface area contributed by atoms with Crippen molar-refractivity contribution in [3.05, 3.63) is 11.8 Å². The predicted molar refractivity (Wildman–Crippen MR) is 82.4 cm³/mol. The number of hydrogen-bond acceptors (Lipinski definition) is 4. The maximum absolute atomic E-state index is 11.9.